The van der Waals surface area contributed by atoms with Crippen molar-refractivity contribution in [3.05, 3.63) is 36.3 Å². The molecule has 19 heavy (non-hydrogen) atoms. The lowest BCUT2D eigenvalue weighted by Crippen LogP contribution is -2.00. The molecule has 0 spiro atoms. The molecule has 3 rings (SSSR count). The summed E-state index contributed by atoms with van der Waals surface area (Å²) in [5.41, 5.74) is 9.93. The topological polar surface area (TPSA) is 61.7 Å². The van der Waals surface area contributed by atoms with Crippen LogP contribution >= 0.6 is 0 Å². The van der Waals surface area contributed by atoms with Crippen LogP contribution < -0.4 is 5.73 Å². The molecule has 0 bridgehead atoms. The third-order valence-corrected chi connectivity index (χ3v) is 3.41. The van der Waals surface area contributed by atoms with Crippen LogP contribution in [0.4, 0.5) is 0 Å². The minimum atomic E-state index is 0.538. The summed E-state index contributed by atoms with van der Waals surface area (Å²) in [6.45, 7) is 3.53. The molecule has 5 heteroatoms. The van der Waals surface area contributed by atoms with E-state index in [1.54, 1.807) is 6.33 Å². The number of nitrogens with two attached hydrogens (primary N) is 1. The highest BCUT2D eigenvalue weighted by molar-refractivity contribution is 5.80. The van der Waals surface area contributed by atoms with Gasteiger partial charge in [-0.05, 0) is 24.6 Å². The molecule has 0 unspecified atom stereocenters. The predicted molar refractivity (Wildman–Crippen MR) is 75.5 cm³/mol. The van der Waals surface area contributed by atoms with E-state index in [2.05, 4.69) is 34.7 Å². The van der Waals surface area contributed by atoms with Crippen molar-refractivity contribution in [2.75, 3.05) is 0 Å². The Balaban J connectivity index is 2.27. The van der Waals surface area contributed by atoms with Gasteiger partial charge in [-0.1, -0.05) is 6.07 Å². The maximum atomic E-state index is 5.69. The lowest BCUT2D eigenvalue weighted by Gasteiger charge is -2.06. The molecule has 0 fully saturated rings. The average Bonchev–Trinajstić information content (AvgIpc) is 3.00. The number of hydrogen-bond acceptors (Lipinski definition) is 3. The molecule has 2 aromatic heterocycles. The Hall–Kier alpha value is -2.14. The third-order valence-electron chi connectivity index (χ3n) is 3.41. The lowest BCUT2D eigenvalue weighted by atomic mass is 10.2. The number of fused-ring (bicyclic) bond motifs is 1. The number of aromatic nitrogens is 4. The average molecular weight is 255 g/mol. The summed E-state index contributed by atoms with van der Waals surface area (Å²) >= 11 is 0. The molecular formula is C14H17N5. The van der Waals surface area contributed by atoms with E-state index in [4.69, 9.17) is 10.7 Å². The summed E-state index contributed by atoms with van der Waals surface area (Å²) in [7, 11) is 1.98. The second-order valence-electron chi connectivity index (χ2n) is 4.60. The van der Waals surface area contributed by atoms with Crippen molar-refractivity contribution < 1.29 is 0 Å². The zero-order chi connectivity index (χ0) is 13.4. The van der Waals surface area contributed by atoms with Crippen LogP contribution in [0.1, 0.15) is 12.5 Å². The monoisotopic (exact) mass is 255 g/mol. The number of nitrogens with zero attached hydrogens (tertiary/aromatic N) is 4. The predicted octanol–water partition coefficient (Wildman–Crippen LogP) is 1.92. The zero-order valence-corrected chi connectivity index (χ0v) is 11.2. The van der Waals surface area contributed by atoms with Gasteiger partial charge in [0.15, 0.2) is 5.82 Å². The van der Waals surface area contributed by atoms with E-state index in [9.17, 15) is 0 Å². The number of benzene rings is 1. The lowest BCUT2D eigenvalue weighted by molar-refractivity contribution is 0.783. The van der Waals surface area contributed by atoms with Crippen molar-refractivity contribution in [1.82, 2.24) is 19.1 Å². The van der Waals surface area contributed by atoms with Gasteiger partial charge in [-0.3, -0.25) is 0 Å². The van der Waals surface area contributed by atoms with E-state index < -0.39 is 0 Å². The molecule has 0 saturated carbocycles. The maximum Gasteiger partial charge on any atom is 0.159 e. The van der Waals surface area contributed by atoms with Crippen LogP contribution in [0.5, 0.6) is 0 Å². The van der Waals surface area contributed by atoms with Crippen molar-refractivity contribution >= 4 is 11.0 Å². The fourth-order valence-electron chi connectivity index (χ4n) is 2.39. The highest BCUT2D eigenvalue weighted by atomic mass is 15.1. The SMILES string of the molecule is CCn1c(-c2cncn2C)nc2cc(CN)ccc21. The van der Waals surface area contributed by atoms with Crippen LogP contribution in [0.3, 0.4) is 0 Å². The highest BCUT2D eigenvalue weighted by Gasteiger charge is 2.14. The van der Waals surface area contributed by atoms with E-state index in [1.165, 1.54) is 0 Å². The minimum absolute atomic E-state index is 0.538. The molecule has 0 aliphatic carbocycles. The number of hydrogen-bond donors (Lipinski definition) is 1. The van der Waals surface area contributed by atoms with Gasteiger partial charge in [-0.15, -0.1) is 0 Å². The van der Waals surface area contributed by atoms with Crippen molar-refractivity contribution in [3.63, 3.8) is 0 Å². The molecule has 0 aliphatic rings. The Morgan fingerprint density at radius 1 is 1.32 bits per heavy atom. The summed E-state index contributed by atoms with van der Waals surface area (Å²) in [6, 6.07) is 6.21. The first-order valence-electron chi connectivity index (χ1n) is 6.40. The van der Waals surface area contributed by atoms with Crippen molar-refractivity contribution in [2.24, 2.45) is 12.8 Å². The summed E-state index contributed by atoms with van der Waals surface area (Å²) < 4.78 is 4.18. The molecule has 3 aromatic rings. The van der Waals surface area contributed by atoms with Crippen LogP contribution in [0.15, 0.2) is 30.7 Å². The summed E-state index contributed by atoms with van der Waals surface area (Å²) in [5.74, 6) is 0.951. The summed E-state index contributed by atoms with van der Waals surface area (Å²) in [5, 5.41) is 0. The molecule has 0 saturated heterocycles. The second-order valence-corrected chi connectivity index (χ2v) is 4.60. The Labute approximate surface area is 111 Å². The minimum Gasteiger partial charge on any atom is -0.331 e. The summed E-state index contributed by atoms with van der Waals surface area (Å²) in [6.07, 6.45) is 3.64. The fraction of sp³-hybridized carbons (Fsp3) is 0.286. The van der Waals surface area contributed by atoms with Crippen LogP contribution in [-0.2, 0) is 20.1 Å². The largest absolute Gasteiger partial charge is 0.331 e. The van der Waals surface area contributed by atoms with E-state index in [1.807, 2.05) is 17.8 Å². The van der Waals surface area contributed by atoms with Gasteiger partial charge < -0.3 is 14.9 Å². The molecule has 0 aliphatic heterocycles. The van der Waals surface area contributed by atoms with Gasteiger partial charge >= 0.3 is 0 Å². The number of imidazole rings is 2. The van der Waals surface area contributed by atoms with E-state index >= 15 is 0 Å². The Morgan fingerprint density at radius 3 is 2.79 bits per heavy atom. The van der Waals surface area contributed by atoms with Crippen LogP contribution in [0, 0.1) is 0 Å². The second kappa shape index (κ2) is 4.51. The molecule has 2 N–H and O–H groups in total. The first-order valence-corrected chi connectivity index (χ1v) is 6.40. The third kappa shape index (κ3) is 1.82. The van der Waals surface area contributed by atoms with Gasteiger partial charge in [0.1, 0.15) is 5.69 Å². The Bertz CT molecular complexity index is 723. The van der Waals surface area contributed by atoms with Crippen LogP contribution in [-0.4, -0.2) is 19.1 Å². The summed E-state index contributed by atoms with van der Waals surface area (Å²) in [4.78, 5) is 8.91. The van der Waals surface area contributed by atoms with Gasteiger partial charge in [0.25, 0.3) is 0 Å². The molecule has 0 atom stereocenters. The molecule has 2 heterocycles. The quantitative estimate of drug-likeness (QED) is 0.777. The molecule has 1 aromatic carbocycles. The van der Waals surface area contributed by atoms with Gasteiger partial charge in [-0.2, -0.15) is 0 Å². The molecular weight excluding hydrogens is 238 g/mol. The van der Waals surface area contributed by atoms with Crippen molar-refractivity contribution in [1.29, 1.82) is 0 Å². The van der Waals surface area contributed by atoms with Crippen molar-refractivity contribution in [2.45, 2.75) is 20.0 Å². The fourth-order valence-corrected chi connectivity index (χ4v) is 2.39. The molecule has 0 radical (unpaired) electrons. The Kier molecular flexibility index (Phi) is 2.83. The van der Waals surface area contributed by atoms with E-state index in [-0.39, 0.29) is 0 Å². The first kappa shape index (κ1) is 11.9. The van der Waals surface area contributed by atoms with Crippen molar-refractivity contribution in [3.8, 4) is 11.5 Å². The number of aryl methyl sites for hydroxylation is 2. The van der Waals surface area contributed by atoms with Gasteiger partial charge in [0.05, 0.1) is 23.6 Å². The molecule has 0 amide bonds. The van der Waals surface area contributed by atoms with E-state index in [0.29, 0.717) is 6.54 Å². The number of rotatable bonds is 3. The molecule has 5 nitrogen and oxygen atoms in total. The first-order chi connectivity index (χ1) is 9.24. The van der Waals surface area contributed by atoms with Crippen LogP contribution in [0.25, 0.3) is 22.6 Å². The highest BCUT2D eigenvalue weighted by Crippen LogP contribution is 2.24. The maximum absolute atomic E-state index is 5.69. The van der Waals surface area contributed by atoms with E-state index in [0.717, 1.165) is 34.7 Å². The molecule has 98 valence electrons. The smallest absolute Gasteiger partial charge is 0.159 e. The van der Waals surface area contributed by atoms with Gasteiger partial charge in [0.2, 0.25) is 0 Å². The van der Waals surface area contributed by atoms with Gasteiger partial charge in [-0.25, -0.2) is 9.97 Å². The zero-order valence-electron chi connectivity index (χ0n) is 11.2. The van der Waals surface area contributed by atoms with Gasteiger partial charge in [0, 0.05) is 20.1 Å². The van der Waals surface area contributed by atoms with Crippen LogP contribution in [0.2, 0.25) is 0 Å². The normalized spacial score (nSPS) is 11.3. The Morgan fingerprint density at radius 2 is 2.16 bits per heavy atom. The standard InChI is InChI=1S/C14H17N5/c1-3-19-12-5-4-10(7-15)6-11(12)17-14(19)13-8-16-9-18(13)2/h4-6,8-9H,3,7,15H2,1-2H3.